The fourth-order valence-corrected chi connectivity index (χ4v) is 2.00. The van der Waals surface area contributed by atoms with E-state index in [4.69, 9.17) is 16.7 Å². The lowest BCUT2D eigenvalue weighted by Gasteiger charge is -2.21. The molecule has 0 aliphatic heterocycles. The number of carbonyl (C=O) groups excluding carboxylic acids is 1. The van der Waals surface area contributed by atoms with Crippen LogP contribution in [0.25, 0.3) is 0 Å². The van der Waals surface area contributed by atoms with Gasteiger partial charge >= 0.3 is 5.97 Å². The van der Waals surface area contributed by atoms with Gasteiger partial charge in [-0.1, -0.05) is 17.7 Å². The third-order valence-electron chi connectivity index (χ3n) is 2.89. The van der Waals surface area contributed by atoms with Crippen LogP contribution in [0.4, 0.5) is 5.69 Å². The Morgan fingerprint density at radius 2 is 1.90 bits per heavy atom. The predicted octanol–water partition coefficient (Wildman–Crippen LogP) is 2.77. The maximum atomic E-state index is 12.6. The monoisotopic (exact) mass is 304 g/mol. The van der Waals surface area contributed by atoms with E-state index in [9.17, 15) is 9.59 Å². The highest BCUT2D eigenvalue weighted by Gasteiger charge is 2.22. The van der Waals surface area contributed by atoms with Crippen molar-refractivity contribution in [2.75, 3.05) is 11.4 Å². The Morgan fingerprint density at radius 3 is 2.48 bits per heavy atom. The van der Waals surface area contributed by atoms with Gasteiger partial charge in [0.05, 0.1) is 0 Å². The minimum atomic E-state index is -1.10. The summed E-state index contributed by atoms with van der Waals surface area (Å²) in [5.74, 6) is -1.57. The average Bonchev–Trinajstić information content (AvgIpc) is 2.45. The molecular weight excluding hydrogens is 292 g/mol. The van der Waals surface area contributed by atoms with E-state index in [0.29, 0.717) is 16.3 Å². The minimum absolute atomic E-state index is 0.230. The van der Waals surface area contributed by atoms with E-state index < -0.39 is 18.4 Å². The lowest BCUT2D eigenvalue weighted by atomic mass is 10.2. The number of benzene rings is 1. The Morgan fingerprint density at radius 1 is 1.24 bits per heavy atom. The first kappa shape index (κ1) is 15.0. The number of carboxylic acids is 1. The largest absolute Gasteiger partial charge is 0.480 e. The number of amides is 1. The molecule has 21 heavy (non-hydrogen) atoms. The average molecular weight is 305 g/mol. The van der Waals surface area contributed by atoms with Crippen molar-refractivity contribution in [3.05, 3.63) is 58.9 Å². The number of carbonyl (C=O) groups is 2. The molecule has 5 nitrogen and oxygen atoms in total. The van der Waals surface area contributed by atoms with E-state index >= 15 is 0 Å². The number of hydrogen-bond acceptors (Lipinski definition) is 3. The summed E-state index contributed by atoms with van der Waals surface area (Å²) < 4.78 is 0. The molecule has 2 rings (SSSR count). The van der Waals surface area contributed by atoms with E-state index in [1.807, 2.05) is 0 Å². The SMILES string of the molecule is Cc1cccnc1C(=O)N(CC(=O)O)c1ccc(Cl)cc1. The molecule has 2 aromatic rings. The van der Waals surface area contributed by atoms with Crippen molar-refractivity contribution in [1.82, 2.24) is 4.98 Å². The maximum absolute atomic E-state index is 12.6. The second-order valence-electron chi connectivity index (χ2n) is 4.43. The van der Waals surface area contributed by atoms with Crippen molar-refractivity contribution in [1.29, 1.82) is 0 Å². The zero-order valence-electron chi connectivity index (χ0n) is 11.3. The number of aliphatic carboxylic acids is 1. The highest BCUT2D eigenvalue weighted by atomic mass is 35.5. The Balaban J connectivity index is 2.40. The summed E-state index contributed by atoms with van der Waals surface area (Å²) in [6, 6.07) is 9.87. The Kier molecular flexibility index (Phi) is 4.55. The molecule has 6 heteroatoms. The van der Waals surface area contributed by atoms with Crippen molar-refractivity contribution in [3.63, 3.8) is 0 Å². The van der Waals surface area contributed by atoms with Gasteiger partial charge in [-0.15, -0.1) is 0 Å². The smallest absolute Gasteiger partial charge is 0.323 e. The third kappa shape index (κ3) is 3.58. The molecule has 0 saturated carbocycles. The minimum Gasteiger partial charge on any atom is -0.480 e. The van der Waals surface area contributed by atoms with Gasteiger partial charge in [-0.05, 0) is 42.8 Å². The van der Waals surface area contributed by atoms with Crippen LogP contribution >= 0.6 is 11.6 Å². The highest BCUT2D eigenvalue weighted by Crippen LogP contribution is 2.20. The molecule has 0 spiro atoms. The quantitative estimate of drug-likeness (QED) is 0.943. The number of nitrogens with zero attached hydrogens (tertiary/aromatic N) is 2. The number of anilines is 1. The van der Waals surface area contributed by atoms with Crippen molar-refractivity contribution in [3.8, 4) is 0 Å². The number of hydrogen-bond donors (Lipinski definition) is 1. The van der Waals surface area contributed by atoms with Crippen LogP contribution in [0.15, 0.2) is 42.6 Å². The Hall–Kier alpha value is -2.40. The fourth-order valence-electron chi connectivity index (χ4n) is 1.87. The number of aromatic nitrogens is 1. The topological polar surface area (TPSA) is 70.5 Å². The van der Waals surface area contributed by atoms with Gasteiger partial charge in [0.15, 0.2) is 0 Å². The number of pyridine rings is 1. The number of aryl methyl sites for hydroxylation is 1. The molecule has 0 aliphatic rings. The van der Waals surface area contributed by atoms with Crippen molar-refractivity contribution >= 4 is 29.2 Å². The molecule has 0 saturated heterocycles. The van der Waals surface area contributed by atoms with Gasteiger partial charge in [0, 0.05) is 16.9 Å². The molecule has 0 radical (unpaired) electrons. The van der Waals surface area contributed by atoms with Crippen LogP contribution in [-0.4, -0.2) is 28.5 Å². The summed E-state index contributed by atoms with van der Waals surface area (Å²) in [6.07, 6.45) is 1.50. The fraction of sp³-hybridized carbons (Fsp3) is 0.133. The zero-order valence-corrected chi connectivity index (χ0v) is 12.0. The molecule has 0 atom stereocenters. The van der Waals surface area contributed by atoms with Crippen LogP contribution in [0.3, 0.4) is 0 Å². The molecule has 1 amide bonds. The number of rotatable bonds is 4. The summed E-state index contributed by atoms with van der Waals surface area (Å²) in [6.45, 7) is 1.30. The van der Waals surface area contributed by atoms with E-state index in [0.717, 1.165) is 4.90 Å². The van der Waals surface area contributed by atoms with Crippen molar-refractivity contribution in [2.45, 2.75) is 6.92 Å². The van der Waals surface area contributed by atoms with Gasteiger partial charge in [0.2, 0.25) is 0 Å². The molecule has 0 bridgehead atoms. The second-order valence-corrected chi connectivity index (χ2v) is 4.87. The Labute approximate surface area is 126 Å². The number of halogens is 1. The van der Waals surface area contributed by atoms with Crippen LogP contribution in [0.2, 0.25) is 5.02 Å². The molecule has 108 valence electrons. The first-order valence-corrected chi connectivity index (χ1v) is 6.57. The maximum Gasteiger partial charge on any atom is 0.323 e. The molecule has 0 unspecified atom stereocenters. The third-order valence-corrected chi connectivity index (χ3v) is 3.14. The highest BCUT2D eigenvalue weighted by molar-refractivity contribution is 6.30. The van der Waals surface area contributed by atoms with Gasteiger partial charge in [0.25, 0.3) is 5.91 Å². The first-order valence-electron chi connectivity index (χ1n) is 6.20. The molecule has 1 aromatic heterocycles. The summed E-state index contributed by atoms with van der Waals surface area (Å²) in [5, 5.41) is 9.53. The van der Waals surface area contributed by atoms with E-state index in [-0.39, 0.29) is 5.69 Å². The van der Waals surface area contributed by atoms with Crippen LogP contribution in [0.1, 0.15) is 16.1 Å². The second kappa shape index (κ2) is 6.37. The van der Waals surface area contributed by atoms with Gasteiger partial charge in [0.1, 0.15) is 12.2 Å². The predicted molar refractivity (Wildman–Crippen MR) is 79.7 cm³/mol. The van der Waals surface area contributed by atoms with Crippen molar-refractivity contribution in [2.24, 2.45) is 0 Å². The van der Waals surface area contributed by atoms with Crippen LogP contribution < -0.4 is 4.90 Å². The summed E-state index contributed by atoms with van der Waals surface area (Å²) in [5.41, 5.74) is 1.37. The van der Waals surface area contributed by atoms with Gasteiger partial charge < -0.3 is 5.11 Å². The van der Waals surface area contributed by atoms with Crippen LogP contribution in [0, 0.1) is 6.92 Å². The summed E-state index contributed by atoms with van der Waals surface area (Å²) in [7, 11) is 0. The summed E-state index contributed by atoms with van der Waals surface area (Å²) in [4.78, 5) is 28.8. The molecular formula is C15H13ClN2O3. The van der Waals surface area contributed by atoms with Gasteiger partial charge in [-0.25, -0.2) is 0 Å². The summed E-state index contributed by atoms with van der Waals surface area (Å²) >= 11 is 5.81. The zero-order chi connectivity index (χ0) is 15.4. The van der Waals surface area contributed by atoms with Crippen molar-refractivity contribution < 1.29 is 14.7 Å². The lowest BCUT2D eigenvalue weighted by Crippen LogP contribution is -2.36. The van der Waals surface area contributed by atoms with Crippen LogP contribution in [-0.2, 0) is 4.79 Å². The van der Waals surface area contributed by atoms with E-state index in [2.05, 4.69) is 4.98 Å². The standard InChI is InChI=1S/C15H13ClN2O3/c1-10-3-2-8-17-14(10)15(21)18(9-13(19)20)12-6-4-11(16)5-7-12/h2-8H,9H2,1H3,(H,19,20). The molecule has 1 aromatic carbocycles. The molecule has 1 heterocycles. The van der Waals surface area contributed by atoms with E-state index in [1.165, 1.54) is 6.20 Å². The van der Waals surface area contributed by atoms with Crippen LogP contribution in [0.5, 0.6) is 0 Å². The molecule has 1 N–H and O–H groups in total. The van der Waals surface area contributed by atoms with Gasteiger partial charge in [-0.3, -0.25) is 19.5 Å². The van der Waals surface area contributed by atoms with E-state index in [1.54, 1.807) is 43.3 Å². The lowest BCUT2D eigenvalue weighted by molar-refractivity contribution is -0.135. The molecule has 0 fully saturated rings. The normalized spacial score (nSPS) is 10.2. The Bertz CT molecular complexity index is 671. The number of carboxylic acid groups (broad SMARTS) is 1. The van der Waals surface area contributed by atoms with Gasteiger partial charge in [-0.2, -0.15) is 0 Å². The molecule has 0 aliphatic carbocycles. The first-order chi connectivity index (χ1) is 9.99.